The van der Waals surface area contributed by atoms with E-state index >= 15 is 0 Å². The van der Waals surface area contributed by atoms with Gasteiger partial charge in [-0.1, -0.05) is 214 Å². The summed E-state index contributed by atoms with van der Waals surface area (Å²) in [6.07, 6.45) is 0. The van der Waals surface area contributed by atoms with Crippen LogP contribution in [0.3, 0.4) is 0 Å². The van der Waals surface area contributed by atoms with E-state index in [0.717, 1.165) is 39.0 Å². The van der Waals surface area contributed by atoms with Crippen LogP contribution in [0, 0.1) is 0 Å². The van der Waals surface area contributed by atoms with E-state index in [-0.39, 0.29) is 5.41 Å². The minimum absolute atomic E-state index is 0.165. The highest BCUT2D eigenvalue weighted by molar-refractivity contribution is 6.13. The zero-order valence-corrected chi connectivity index (χ0v) is 35.2. The van der Waals surface area contributed by atoms with Crippen LogP contribution >= 0.6 is 0 Å². The lowest BCUT2D eigenvalue weighted by atomic mass is 9.78. The second-order valence-electron chi connectivity index (χ2n) is 17.2. The first kappa shape index (κ1) is 36.9. The Balaban J connectivity index is 1.01. The molecule has 63 heavy (non-hydrogen) atoms. The molecule has 0 fully saturated rings. The lowest BCUT2D eigenvalue weighted by molar-refractivity contribution is 0.662. The molecule has 12 rings (SSSR count). The van der Waals surface area contributed by atoms with Crippen molar-refractivity contribution < 1.29 is 0 Å². The summed E-state index contributed by atoms with van der Waals surface area (Å²) in [7, 11) is 0. The first-order valence-corrected chi connectivity index (χ1v) is 21.8. The van der Waals surface area contributed by atoms with Crippen molar-refractivity contribution in [3.8, 4) is 78.4 Å². The second-order valence-corrected chi connectivity index (χ2v) is 17.2. The smallest absolute Gasteiger partial charge is 0.161 e. The van der Waals surface area contributed by atoms with E-state index in [1.54, 1.807) is 0 Å². The molecule has 0 amide bonds. The Morgan fingerprint density at radius 3 is 1.46 bits per heavy atom. The monoisotopic (exact) mass is 802 g/mol. The molecule has 0 aliphatic heterocycles. The number of aromatic nitrogens is 2. The van der Waals surface area contributed by atoms with E-state index < -0.39 is 0 Å². The van der Waals surface area contributed by atoms with Gasteiger partial charge < -0.3 is 0 Å². The summed E-state index contributed by atoms with van der Waals surface area (Å²) in [4.78, 5) is 10.6. The number of benzene rings is 10. The molecule has 2 heteroatoms. The maximum Gasteiger partial charge on any atom is 0.161 e. The zero-order valence-electron chi connectivity index (χ0n) is 35.2. The highest BCUT2D eigenvalue weighted by Crippen LogP contribution is 2.55. The maximum atomic E-state index is 5.34. The molecular weight excluding hydrogens is 761 g/mol. The van der Waals surface area contributed by atoms with Crippen molar-refractivity contribution in [3.05, 3.63) is 230 Å². The van der Waals surface area contributed by atoms with Gasteiger partial charge in [-0.05, 0) is 106 Å². The lowest BCUT2D eigenvalue weighted by Crippen LogP contribution is -2.16. The van der Waals surface area contributed by atoms with E-state index in [0.29, 0.717) is 5.82 Å². The molecule has 0 bridgehead atoms. The van der Waals surface area contributed by atoms with Crippen LogP contribution in [-0.2, 0) is 5.41 Å². The molecule has 296 valence electrons. The van der Waals surface area contributed by atoms with Crippen LogP contribution in [0.4, 0.5) is 0 Å². The van der Waals surface area contributed by atoms with Crippen LogP contribution in [0.2, 0.25) is 0 Å². The van der Waals surface area contributed by atoms with Gasteiger partial charge in [-0.15, -0.1) is 0 Å². The minimum atomic E-state index is -0.165. The number of hydrogen-bond acceptors (Lipinski definition) is 2. The summed E-state index contributed by atoms with van der Waals surface area (Å²) in [6, 6.07) is 79.0. The summed E-state index contributed by atoms with van der Waals surface area (Å²) in [6.45, 7) is 4.79. The molecule has 0 unspecified atom stereocenters. The van der Waals surface area contributed by atoms with Gasteiger partial charge in [0.1, 0.15) is 0 Å². The van der Waals surface area contributed by atoms with Gasteiger partial charge in [-0.25, -0.2) is 9.97 Å². The van der Waals surface area contributed by atoms with Gasteiger partial charge in [0.05, 0.1) is 11.4 Å². The fourth-order valence-electron chi connectivity index (χ4n) is 10.3. The molecule has 1 aromatic heterocycles. The molecular formula is C61H42N2. The van der Waals surface area contributed by atoms with Crippen molar-refractivity contribution in [1.29, 1.82) is 0 Å². The SMILES string of the molecule is CC1(C)c2ccc3ccccc3c2-c2cccc(-c3ccc(-c4ccc(-c5nc(-c6ccccc6)cc(-c6cccc(-c7ccccc7)c6)n5)c5ccccc45)c4ccccc34)c21. The highest BCUT2D eigenvalue weighted by atomic mass is 14.9. The molecule has 0 radical (unpaired) electrons. The minimum Gasteiger partial charge on any atom is -0.228 e. The molecule has 11 aromatic rings. The molecule has 2 nitrogen and oxygen atoms in total. The third-order valence-electron chi connectivity index (χ3n) is 13.3. The molecule has 0 N–H and O–H groups in total. The van der Waals surface area contributed by atoms with Crippen LogP contribution < -0.4 is 0 Å². The Bertz CT molecular complexity index is 3580. The molecule has 0 saturated carbocycles. The Kier molecular flexibility index (Phi) is 8.55. The van der Waals surface area contributed by atoms with Gasteiger partial charge in [0.2, 0.25) is 0 Å². The Labute approximate surface area is 367 Å². The van der Waals surface area contributed by atoms with Gasteiger partial charge in [0.25, 0.3) is 0 Å². The number of nitrogens with zero attached hydrogens (tertiary/aromatic N) is 2. The van der Waals surface area contributed by atoms with Crippen LogP contribution in [0.25, 0.3) is 111 Å². The third kappa shape index (κ3) is 6.02. The van der Waals surface area contributed by atoms with Gasteiger partial charge >= 0.3 is 0 Å². The number of rotatable bonds is 6. The van der Waals surface area contributed by atoms with Crippen molar-refractivity contribution in [2.24, 2.45) is 0 Å². The van der Waals surface area contributed by atoms with Crippen molar-refractivity contribution in [1.82, 2.24) is 9.97 Å². The Morgan fingerprint density at radius 2 is 0.794 bits per heavy atom. The number of hydrogen-bond donors (Lipinski definition) is 0. The summed E-state index contributed by atoms with van der Waals surface area (Å²) in [5.41, 5.74) is 17.5. The first-order chi connectivity index (χ1) is 31.0. The van der Waals surface area contributed by atoms with E-state index in [1.807, 2.05) is 6.07 Å². The summed E-state index contributed by atoms with van der Waals surface area (Å²) in [5, 5.41) is 7.35. The summed E-state index contributed by atoms with van der Waals surface area (Å²) in [5.74, 6) is 0.703. The average molecular weight is 803 g/mol. The number of fused-ring (bicyclic) bond motifs is 7. The summed E-state index contributed by atoms with van der Waals surface area (Å²) < 4.78 is 0. The van der Waals surface area contributed by atoms with E-state index in [1.165, 1.54) is 77.0 Å². The fraction of sp³-hybridized carbons (Fsp3) is 0.0492. The second kappa shape index (κ2) is 14.6. The Hall–Kier alpha value is -7.94. The average Bonchev–Trinajstić information content (AvgIpc) is 3.60. The largest absolute Gasteiger partial charge is 0.228 e. The van der Waals surface area contributed by atoms with Crippen LogP contribution in [0.5, 0.6) is 0 Å². The molecule has 0 atom stereocenters. The van der Waals surface area contributed by atoms with Gasteiger partial charge in [-0.3, -0.25) is 0 Å². The van der Waals surface area contributed by atoms with Crippen molar-refractivity contribution in [2.75, 3.05) is 0 Å². The zero-order chi connectivity index (χ0) is 42.1. The van der Waals surface area contributed by atoms with Gasteiger partial charge in [0.15, 0.2) is 5.82 Å². The van der Waals surface area contributed by atoms with Crippen LogP contribution in [0.15, 0.2) is 218 Å². The maximum absolute atomic E-state index is 5.34. The molecule has 0 spiro atoms. The molecule has 0 saturated heterocycles. The molecule has 1 aliphatic carbocycles. The van der Waals surface area contributed by atoms with Gasteiger partial charge in [0, 0.05) is 22.1 Å². The lowest BCUT2D eigenvalue weighted by Gasteiger charge is -2.25. The fourth-order valence-corrected chi connectivity index (χ4v) is 10.3. The Morgan fingerprint density at radius 1 is 0.317 bits per heavy atom. The third-order valence-corrected chi connectivity index (χ3v) is 13.3. The van der Waals surface area contributed by atoms with E-state index in [4.69, 9.17) is 9.97 Å². The first-order valence-electron chi connectivity index (χ1n) is 21.8. The van der Waals surface area contributed by atoms with Crippen LogP contribution in [0.1, 0.15) is 25.0 Å². The molecule has 1 heterocycles. The molecule has 1 aliphatic rings. The topological polar surface area (TPSA) is 25.8 Å². The van der Waals surface area contributed by atoms with E-state index in [9.17, 15) is 0 Å². The van der Waals surface area contributed by atoms with Crippen LogP contribution in [-0.4, -0.2) is 9.97 Å². The van der Waals surface area contributed by atoms with E-state index in [2.05, 4.69) is 226 Å². The normalized spacial score (nSPS) is 12.7. The predicted molar refractivity (Wildman–Crippen MR) is 265 cm³/mol. The molecule has 10 aromatic carbocycles. The van der Waals surface area contributed by atoms with Gasteiger partial charge in [-0.2, -0.15) is 0 Å². The quantitative estimate of drug-likeness (QED) is 0.167. The van der Waals surface area contributed by atoms with Crippen molar-refractivity contribution in [2.45, 2.75) is 19.3 Å². The van der Waals surface area contributed by atoms with Crippen molar-refractivity contribution in [3.63, 3.8) is 0 Å². The standard InChI is InChI=1S/C61H42N2/c1-61(2)55-36-31-40-19-9-10-24-44(40)58(55)54-30-16-29-52(59(54)61)51-33-32-49(45-25-11-12-26-46(45)51)50-34-35-53(48-28-14-13-27-47(48)50)60-62-56(41-20-7-4-8-21-41)38-57(63-60)43-23-15-22-42(37-43)39-17-5-3-6-18-39/h3-38H,1-2H3. The van der Waals surface area contributed by atoms with Crippen molar-refractivity contribution >= 4 is 32.3 Å². The highest BCUT2D eigenvalue weighted by Gasteiger charge is 2.38. The predicted octanol–water partition coefficient (Wildman–Crippen LogP) is 16.2. The summed E-state index contributed by atoms with van der Waals surface area (Å²) >= 11 is 0.